The summed E-state index contributed by atoms with van der Waals surface area (Å²) in [7, 11) is -3.87. The number of carboxylic acids is 1. The standard InChI is InChI=1S/C18H19N3O7S/c1-9-8-14(20-28-9)21-29(25,26)11-4-2-10(3-5-11)19-17(22)15-12-6-7-13(27-12)16(15)18(23)24/h2-5,8,12-13,15-16H,6-7H2,1H3,(H,19,22)(H,20,21)(H,23,24)/t12-,13+,15-,16-/m0/s1. The van der Waals surface area contributed by atoms with E-state index >= 15 is 0 Å². The van der Waals surface area contributed by atoms with Gasteiger partial charge in [-0.1, -0.05) is 5.16 Å². The van der Waals surface area contributed by atoms with Crippen LogP contribution in [-0.2, 0) is 24.3 Å². The van der Waals surface area contributed by atoms with Crippen LogP contribution in [0.1, 0.15) is 18.6 Å². The van der Waals surface area contributed by atoms with Crippen LogP contribution in [0.3, 0.4) is 0 Å². The Morgan fingerprint density at radius 1 is 1.14 bits per heavy atom. The fourth-order valence-electron chi connectivity index (χ4n) is 3.88. The molecule has 3 heterocycles. The first-order valence-corrected chi connectivity index (χ1v) is 10.5. The molecule has 2 fully saturated rings. The third-order valence-corrected chi connectivity index (χ3v) is 6.53. The molecule has 4 atom stereocenters. The molecule has 2 saturated heterocycles. The van der Waals surface area contributed by atoms with E-state index in [2.05, 4.69) is 15.2 Å². The molecule has 10 nitrogen and oxygen atoms in total. The highest BCUT2D eigenvalue weighted by Gasteiger charge is 2.55. The number of hydrogen-bond acceptors (Lipinski definition) is 7. The van der Waals surface area contributed by atoms with Crippen molar-refractivity contribution in [3.63, 3.8) is 0 Å². The molecule has 3 N–H and O–H groups in total. The van der Waals surface area contributed by atoms with E-state index in [1.165, 1.54) is 30.3 Å². The summed E-state index contributed by atoms with van der Waals surface area (Å²) in [6.07, 6.45) is 0.440. The van der Waals surface area contributed by atoms with Crippen molar-refractivity contribution in [2.45, 2.75) is 36.9 Å². The number of fused-ring (bicyclic) bond motifs is 2. The summed E-state index contributed by atoms with van der Waals surface area (Å²) in [6.45, 7) is 1.64. The minimum absolute atomic E-state index is 0.0252. The molecule has 2 aliphatic heterocycles. The number of carbonyl (C=O) groups excluding carboxylic acids is 1. The molecular formula is C18H19N3O7S. The minimum Gasteiger partial charge on any atom is -0.481 e. The van der Waals surface area contributed by atoms with Crippen molar-refractivity contribution >= 4 is 33.4 Å². The molecule has 11 heteroatoms. The molecule has 2 bridgehead atoms. The van der Waals surface area contributed by atoms with Gasteiger partial charge in [0.15, 0.2) is 5.82 Å². The van der Waals surface area contributed by atoms with E-state index in [1.807, 2.05) is 0 Å². The Labute approximate surface area is 166 Å². The number of hydrogen-bond donors (Lipinski definition) is 3. The van der Waals surface area contributed by atoms with Gasteiger partial charge >= 0.3 is 5.97 Å². The Morgan fingerprint density at radius 3 is 2.38 bits per heavy atom. The zero-order valence-electron chi connectivity index (χ0n) is 15.4. The Bertz CT molecular complexity index is 1050. The van der Waals surface area contributed by atoms with E-state index in [4.69, 9.17) is 9.26 Å². The number of aromatic nitrogens is 1. The molecule has 0 radical (unpaired) electrons. The van der Waals surface area contributed by atoms with E-state index in [-0.39, 0.29) is 10.7 Å². The summed E-state index contributed by atoms with van der Waals surface area (Å²) in [5.74, 6) is -2.61. The first-order valence-electron chi connectivity index (χ1n) is 9.00. The quantitative estimate of drug-likeness (QED) is 0.637. The fourth-order valence-corrected chi connectivity index (χ4v) is 4.86. The maximum absolute atomic E-state index is 12.6. The van der Waals surface area contributed by atoms with E-state index in [0.29, 0.717) is 24.3 Å². The van der Waals surface area contributed by atoms with Crippen molar-refractivity contribution in [3.8, 4) is 0 Å². The number of nitrogens with zero attached hydrogens (tertiary/aromatic N) is 1. The van der Waals surface area contributed by atoms with Crippen molar-refractivity contribution < 1.29 is 32.4 Å². The largest absolute Gasteiger partial charge is 0.481 e. The Kier molecular flexibility index (Phi) is 4.79. The Balaban J connectivity index is 1.45. The van der Waals surface area contributed by atoms with Gasteiger partial charge in [0.2, 0.25) is 5.91 Å². The number of anilines is 2. The smallest absolute Gasteiger partial charge is 0.310 e. The molecule has 154 valence electrons. The maximum Gasteiger partial charge on any atom is 0.310 e. The summed E-state index contributed by atoms with van der Waals surface area (Å²) in [5.41, 5.74) is 0.359. The number of aliphatic carboxylic acids is 1. The fraction of sp³-hybridized carbons (Fsp3) is 0.389. The molecule has 0 unspecified atom stereocenters. The lowest BCUT2D eigenvalue weighted by atomic mass is 9.78. The highest BCUT2D eigenvalue weighted by Crippen LogP contribution is 2.44. The van der Waals surface area contributed by atoms with Crippen molar-refractivity contribution in [2.24, 2.45) is 11.8 Å². The molecule has 1 aromatic carbocycles. The van der Waals surface area contributed by atoms with Crippen LogP contribution in [0.25, 0.3) is 0 Å². The lowest BCUT2D eigenvalue weighted by Crippen LogP contribution is -2.40. The van der Waals surface area contributed by atoms with Crippen LogP contribution in [0, 0.1) is 18.8 Å². The number of rotatable bonds is 6. The van der Waals surface area contributed by atoms with Gasteiger partial charge in [-0.2, -0.15) is 0 Å². The van der Waals surface area contributed by atoms with Gasteiger partial charge in [-0.25, -0.2) is 8.42 Å². The van der Waals surface area contributed by atoms with Crippen molar-refractivity contribution in [1.29, 1.82) is 0 Å². The lowest BCUT2D eigenvalue weighted by Gasteiger charge is -2.23. The first kappa shape index (κ1) is 19.4. The zero-order valence-corrected chi connectivity index (χ0v) is 16.2. The van der Waals surface area contributed by atoms with Crippen LogP contribution >= 0.6 is 0 Å². The second-order valence-corrected chi connectivity index (χ2v) is 8.80. The Morgan fingerprint density at radius 2 is 1.79 bits per heavy atom. The molecule has 0 aliphatic carbocycles. The van der Waals surface area contributed by atoms with Crippen LogP contribution in [0.15, 0.2) is 39.8 Å². The molecular weight excluding hydrogens is 402 g/mol. The third-order valence-electron chi connectivity index (χ3n) is 5.16. The summed E-state index contributed by atoms with van der Waals surface area (Å²) in [5, 5.41) is 15.7. The van der Waals surface area contributed by atoms with Gasteiger partial charge in [0, 0.05) is 11.8 Å². The van der Waals surface area contributed by atoms with E-state index in [0.717, 1.165) is 0 Å². The van der Waals surface area contributed by atoms with Gasteiger partial charge in [0.1, 0.15) is 5.76 Å². The minimum atomic E-state index is -3.87. The molecule has 1 amide bonds. The Hall–Kier alpha value is -2.92. The highest BCUT2D eigenvalue weighted by atomic mass is 32.2. The average Bonchev–Trinajstić information content (AvgIpc) is 3.37. The molecule has 0 spiro atoms. The molecule has 4 rings (SSSR count). The van der Waals surface area contributed by atoms with Crippen LogP contribution in [0.2, 0.25) is 0 Å². The molecule has 29 heavy (non-hydrogen) atoms. The summed E-state index contributed by atoms with van der Waals surface area (Å²) >= 11 is 0. The van der Waals surface area contributed by atoms with Gasteiger partial charge in [0.05, 0.1) is 28.9 Å². The number of ether oxygens (including phenoxy) is 1. The summed E-state index contributed by atoms with van der Waals surface area (Å²) in [4.78, 5) is 24.1. The summed E-state index contributed by atoms with van der Waals surface area (Å²) < 4.78 is 37.5. The maximum atomic E-state index is 12.6. The highest BCUT2D eigenvalue weighted by molar-refractivity contribution is 7.92. The predicted octanol–water partition coefficient (Wildman–Crippen LogP) is 1.60. The average molecular weight is 421 g/mol. The van der Waals surface area contributed by atoms with E-state index in [9.17, 15) is 23.1 Å². The topological polar surface area (TPSA) is 148 Å². The second kappa shape index (κ2) is 7.16. The van der Waals surface area contributed by atoms with E-state index < -0.39 is 45.9 Å². The van der Waals surface area contributed by atoms with Crippen LogP contribution < -0.4 is 10.0 Å². The van der Waals surface area contributed by atoms with Gasteiger partial charge in [-0.3, -0.25) is 14.3 Å². The predicted molar refractivity (Wildman–Crippen MR) is 99.6 cm³/mol. The van der Waals surface area contributed by atoms with Crippen LogP contribution in [-0.4, -0.2) is 42.8 Å². The number of amides is 1. The van der Waals surface area contributed by atoms with Crippen molar-refractivity contribution in [1.82, 2.24) is 5.16 Å². The van der Waals surface area contributed by atoms with Crippen LogP contribution in [0.5, 0.6) is 0 Å². The number of carbonyl (C=O) groups is 2. The molecule has 2 aromatic rings. The zero-order chi connectivity index (χ0) is 20.8. The normalized spacial score (nSPS) is 25.7. The van der Waals surface area contributed by atoms with Gasteiger partial charge in [-0.05, 0) is 44.0 Å². The molecule has 2 aliphatic rings. The SMILES string of the molecule is Cc1cc(NS(=O)(=O)c2ccc(NC(=O)[C@@H]3[C@@H](C(=O)O)[C@H]4CC[C@@H]3O4)cc2)no1. The third kappa shape index (κ3) is 3.70. The van der Waals surface area contributed by atoms with Crippen molar-refractivity contribution in [2.75, 3.05) is 10.0 Å². The van der Waals surface area contributed by atoms with E-state index in [1.54, 1.807) is 6.92 Å². The number of carboxylic acid groups (broad SMARTS) is 1. The second-order valence-electron chi connectivity index (χ2n) is 7.12. The number of sulfonamides is 1. The number of nitrogens with one attached hydrogen (secondary N) is 2. The lowest BCUT2D eigenvalue weighted by molar-refractivity contribution is -0.147. The van der Waals surface area contributed by atoms with Crippen LogP contribution in [0.4, 0.5) is 11.5 Å². The van der Waals surface area contributed by atoms with Crippen molar-refractivity contribution in [3.05, 3.63) is 36.1 Å². The van der Waals surface area contributed by atoms with Gasteiger partial charge < -0.3 is 19.7 Å². The molecule has 1 aromatic heterocycles. The number of benzene rings is 1. The van der Waals surface area contributed by atoms with Gasteiger partial charge in [0.25, 0.3) is 10.0 Å². The number of aryl methyl sites for hydroxylation is 1. The first-order chi connectivity index (χ1) is 13.7. The summed E-state index contributed by atoms with van der Waals surface area (Å²) in [6, 6.07) is 6.98. The monoisotopic (exact) mass is 421 g/mol. The van der Waals surface area contributed by atoms with Gasteiger partial charge in [-0.15, -0.1) is 0 Å². The molecule has 0 saturated carbocycles.